The second kappa shape index (κ2) is 20.3. The quantitative estimate of drug-likeness (QED) is 0.161. The van der Waals surface area contributed by atoms with E-state index < -0.39 is 45.9 Å². The summed E-state index contributed by atoms with van der Waals surface area (Å²) in [5, 5.41) is 18.0. The molecule has 0 saturated carbocycles. The van der Waals surface area contributed by atoms with Gasteiger partial charge in [-0.3, -0.25) is 4.79 Å². The highest BCUT2D eigenvalue weighted by molar-refractivity contribution is 7.89. The first-order valence-electron chi connectivity index (χ1n) is 15.4. The van der Waals surface area contributed by atoms with Crippen molar-refractivity contribution in [3.63, 3.8) is 0 Å². The molecule has 2 aromatic carbocycles. The molecule has 0 heterocycles. The molecule has 47 heavy (non-hydrogen) atoms. The molecule has 0 radical (unpaired) electrons. The van der Waals surface area contributed by atoms with Gasteiger partial charge in [-0.15, -0.1) is 0 Å². The Balaban J connectivity index is 0.00000141. The average Bonchev–Trinajstić information content (AvgIpc) is 2.96. The van der Waals surface area contributed by atoms with Gasteiger partial charge in [0.25, 0.3) is 0 Å². The maximum Gasteiger partial charge on any atom is 0.490 e. The number of aliphatic hydroxyl groups excluding tert-OH is 1. The van der Waals surface area contributed by atoms with Crippen LogP contribution in [0, 0.1) is 17.6 Å². The van der Waals surface area contributed by atoms with Crippen molar-refractivity contribution >= 4 is 21.9 Å². The predicted octanol–water partition coefficient (Wildman–Crippen LogP) is 4.95. The van der Waals surface area contributed by atoms with Gasteiger partial charge in [0.1, 0.15) is 11.6 Å². The molecule has 1 amide bonds. The topological polar surface area (TPSA) is 150 Å². The van der Waals surface area contributed by atoms with Crippen molar-refractivity contribution in [2.24, 2.45) is 11.7 Å². The number of aryl methyl sites for hydroxylation is 1. The lowest BCUT2D eigenvalue weighted by molar-refractivity contribution is -0.192. The number of aliphatic hydroxyl groups is 1. The summed E-state index contributed by atoms with van der Waals surface area (Å²) >= 11 is 0. The lowest BCUT2D eigenvalue weighted by Crippen LogP contribution is -2.46. The van der Waals surface area contributed by atoms with Gasteiger partial charge >= 0.3 is 12.1 Å². The monoisotopic (exact) mass is 695 g/mol. The van der Waals surface area contributed by atoms with Crippen LogP contribution < -0.4 is 10.5 Å². The van der Waals surface area contributed by atoms with E-state index in [1.54, 1.807) is 0 Å². The maximum atomic E-state index is 13.6. The molecular formula is C32H46F5N3O6S. The third-order valence-electron chi connectivity index (χ3n) is 7.17. The second-order valence-corrected chi connectivity index (χ2v) is 13.2. The molecule has 0 fully saturated rings. The van der Waals surface area contributed by atoms with Gasteiger partial charge in [0.05, 0.1) is 11.9 Å². The summed E-state index contributed by atoms with van der Waals surface area (Å²) in [6.45, 7) is 6.12. The Morgan fingerprint density at radius 3 is 2.02 bits per heavy atom. The molecule has 2 rings (SSSR count). The number of halogens is 5. The van der Waals surface area contributed by atoms with Crippen molar-refractivity contribution in [1.82, 2.24) is 9.62 Å². The number of benzene rings is 2. The van der Waals surface area contributed by atoms with Gasteiger partial charge in [-0.05, 0) is 60.4 Å². The number of carbonyl (C=O) groups is 2. The summed E-state index contributed by atoms with van der Waals surface area (Å²) in [5.41, 5.74) is 8.43. The number of sulfonamides is 1. The minimum Gasteiger partial charge on any atom is -0.475 e. The summed E-state index contributed by atoms with van der Waals surface area (Å²) in [5.74, 6) is -4.46. The van der Waals surface area contributed by atoms with E-state index in [1.165, 1.54) is 4.90 Å². The van der Waals surface area contributed by atoms with Gasteiger partial charge in [0.2, 0.25) is 15.9 Å². The van der Waals surface area contributed by atoms with Crippen LogP contribution in [0.2, 0.25) is 0 Å². The zero-order valence-electron chi connectivity index (χ0n) is 26.9. The van der Waals surface area contributed by atoms with E-state index in [4.69, 9.17) is 15.6 Å². The zero-order valence-corrected chi connectivity index (χ0v) is 27.7. The molecular weight excluding hydrogens is 649 g/mol. The molecule has 9 nitrogen and oxygen atoms in total. The van der Waals surface area contributed by atoms with Crippen LogP contribution in [0.15, 0.2) is 42.5 Å². The Bertz CT molecular complexity index is 1350. The summed E-state index contributed by atoms with van der Waals surface area (Å²) in [7, 11) is -3.54. The van der Waals surface area contributed by atoms with E-state index in [0.717, 1.165) is 61.4 Å². The van der Waals surface area contributed by atoms with Crippen molar-refractivity contribution in [3.05, 3.63) is 70.8 Å². The number of hydrogen-bond acceptors (Lipinski definition) is 6. The maximum absolute atomic E-state index is 13.6. The standard InChI is InChI=1S/C30H45F2N3O4S.C2HF3O2/c1-4-8-23(9-5-2)21-40(38,39)34-13-12-30(37)35(19-24-11-7-10-22(6-3)14-24)20-29(36)28(33)17-25-15-26(31)18-27(32)16-25;3-2(4,5)1(6)7/h7,10-11,14-16,18,23,28-29,34,36H,4-6,8-9,12-13,17,19-21,33H2,1-3H3;(H,6,7)/t28-,29+;/m0./s1. The third-order valence-corrected chi connectivity index (χ3v) is 8.73. The van der Waals surface area contributed by atoms with E-state index >= 15 is 0 Å². The van der Waals surface area contributed by atoms with Gasteiger partial charge in [-0.1, -0.05) is 57.9 Å². The van der Waals surface area contributed by atoms with E-state index in [1.807, 2.05) is 45.0 Å². The van der Waals surface area contributed by atoms with E-state index in [0.29, 0.717) is 5.56 Å². The minimum absolute atomic E-state index is 0.0136. The smallest absolute Gasteiger partial charge is 0.475 e. The van der Waals surface area contributed by atoms with Gasteiger partial charge in [0.15, 0.2) is 0 Å². The number of nitrogens with one attached hydrogen (secondary N) is 1. The van der Waals surface area contributed by atoms with Crippen molar-refractivity contribution in [2.75, 3.05) is 18.8 Å². The highest BCUT2D eigenvalue weighted by Crippen LogP contribution is 2.17. The molecule has 0 aliphatic rings. The van der Waals surface area contributed by atoms with Crippen LogP contribution in [-0.2, 0) is 39.0 Å². The molecule has 15 heteroatoms. The predicted molar refractivity (Wildman–Crippen MR) is 169 cm³/mol. The molecule has 0 aromatic heterocycles. The van der Waals surface area contributed by atoms with Crippen LogP contribution in [0.3, 0.4) is 0 Å². The van der Waals surface area contributed by atoms with Crippen molar-refractivity contribution in [2.45, 2.75) is 90.6 Å². The Morgan fingerprint density at radius 1 is 0.957 bits per heavy atom. The Labute approximate surface area is 273 Å². The minimum atomic E-state index is -5.08. The Hall–Kier alpha value is -3.14. The fourth-order valence-electron chi connectivity index (χ4n) is 4.89. The number of rotatable bonds is 18. The lowest BCUT2D eigenvalue weighted by atomic mass is 10.0. The average molecular weight is 696 g/mol. The van der Waals surface area contributed by atoms with Gasteiger partial charge < -0.3 is 20.8 Å². The van der Waals surface area contributed by atoms with Crippen molar-refractivity contribution < 1.29 is 50.2 Å². The highest BCUT2D eigenvalue weighted by Gasteiger charge is 2.38. The van der Waals surface area contributed by atoms with Crippen LogP contribution in [0.5, 0.6) is 0 Å². The summed E-state index contributed by atoms with van der Waals surface area (Å²) in [6, 6.07) is 9.94. The summed E-state index contributed by atoms with van der Waals surface area (Å²) in [4.78, 5) is 23.6. The zero-order chi connectivity index (χ0) is 35.8. The first-order chi connectivity index (χ1) is 21.9. The van der Waals surface area contributed by atoms with Gasteiger partial charge in [0, 0.05) is 38.2 Å². The van der Waals surface area contributed by atoms with Gasteiger partial charge in [-0.25, -0.2) is 26.7 Å². The largest absolute Gasteiger partial charge is 0.490 e. The molecule has 266 valence electrons. The van der Waals surface area contributed by atoms with Crippen LogP contribution in [-0.4, -0.2) is 72.6 Å². The number of nitrogens with two attached hydrogens (primary N) is 1. The van der Waals surface area contributed by atoms with Crippen LogP contribution in [0.25, 0.3) is 0 Å². The lowest BCUT2D eigenvalue weighted by Gasteiger charge is -2.28. The van der Waals surface area contributed by atoms with E-state index in [-0.39, 0.29) is 50.1 Å². The number of hydrogen-bond donors (Lipinski definition) is 4. The fraction of sp³-hybridized carbons (Fsp3) is 0.562. The van der Waals surface area contributed by atoms with Crippen molar-refractivity contribution in [3.8, 4) is 0 Å². The Kier molecular flexibility index (Phi) is 18.1. The third kappa shape index (κ3) is 17.0. The molecule has 0 aliphatic heterocycles. The molecule has 2 aromatic rings. The van der Waals surface area contributed by atoms with Crippen LogP contribution in [0.1, 0.15) is 69.6 Å². The summed E-state index contributed by atoms with van der Waals surface area (Å²) < 4.78 is 86.8. The van der Waals surface area contributed by atoms with Crippen LogP contribution in [0.4, 0.5) is 22.0 Å². The van der Waals surface area contributed by atoms with E-state index in [2.05, 4.69) is 4.72 Å². The van der Waals surface area contributed by atoms with E-state index in [9.17, 15) is 40.3 Å². The molecule has 0 saturated heterocycles. The molecule has 0 bridgehead atoms. The first kappa shape index (κ1) is 41.9. The molecule has 0 unspecified atom stereocenters. The number of carboxylic acids is 1. The molecule has 2 atom stereocenters. The second-order valence-electron chi connectivity index (χ2n) is 11.3. The number of nitrogens with zero attached hydrogens (tertiary/aromatic N) is 1. The number of alkyl halides is 3. The van der Waals surface area contributed by atoms with Crippen molar-refractivity contribution in [1.29, 1.82) is 0 Å². The number of carboxylic acid groups (broad SMARTS) is 1. The first-order valence-corrected chi connectivity index (χ1v) is 17.1. The number of amides is 1. The molecule has 0 spiro atoms. The van der Waals surface area contributed by atoms with Gasteiger partial charge in [-0.2, -0.15) is 13.2 Å². The fourth-order valence-corrected chi connectivity index (χ4v) is 6.37. The Morgan fingerprint density at radius 2 is 1.51 bits per heavy atom. The highest BCUT2D eigenvalue weighted by atomic mass is 32.2. The molecule has 5 N–H and O–H groups in total. The number of aliphatic carboxylic acids is 1. The summed E-state index contributed by atoms with van der Waals surface area (Å²) in [6.07, 6.45) is -2.03. The normalized spacial score (nSPS) is 13.1. The molecule has 0 aliphatic carbocycles. The SMILES string of the molecule is CCCC(CCC)CS(=O)(=O)NCCC(=O)N(Cc1cccc(CC)c1)C[C@@H](O)[C@@H](N)Cc1cc(F)cc(F)c1.O=C(O)C(F)(F)F. The van der Waals surface area contributed by atoms with Crippen LogP contribution >= 0.6 is 0 Å². The number of carbonyl (C=O) groups excluding carboxylic acids is 1.